The van der Waals surface area contributed by atoms with E-state index in [1.54, 1.807) is 0 Å². The van der Waals surface area contributed by atoms with Gasteiger partial charge < -0.3 is 4.74 Å². The molecule has 1 aromatic carbocycles. The number of hydrogen-bond acceptors (Lipinski definition) is 3. The Morgan fingerprint density at radius 3 is 2.58 bits per heavy atom. The van der Waals surface area contributed by atoms with Gasteiger partial charge in [0.25, 0.3) is 0 Å². The van der Waals surface area contributed by atoms with Gasteiger partial charge in [-0.15, -0.1) is 0 Å². The fourth-order valence-corrected chi connectivity index (χ4v) is 3.37. The second-order valence-corrected chi connectivity index (χ2v) is 6.08. The molecule has 1 heterocycles. The van der Waals surface area contributed by atoms with Crippen molar-refractivity contribution in [2.45, 2.75) is 19.3 Å². The Morgan fingerprint density at radius 2 is 1.95 bits per heavy atom. The Bertz CT molecular complexity index is 542. The molecule has 0 aromatic heterocycles. The van der Waals surface area contributed by atoms with E-state index >= 15 is 0 Å². The summed E-state index contributed by atoms with van der Waals surface area (Å²) in [7, 11) is -2.23. The third-order valence-corrected chi connectivity index (χ3v) is 4.58. The largest absolute Gasteiger partial charge is 0.494 e. The van der Waals surface area contributed by atoms with Crippen LogP contribution in [0.1, 0.15) is 19.3 Å². The van der Waals surface area contributed by atoms with Gasteiger partial charge in [-0.3, -0.25) is 4.72 Å². The maximum Gasteiger partial charge on any atom is 0.301 e. The van der Waals surface area contributed by atoms with Crippen molar-refractivity contribution >= 4 is 15.9 Å². The molecule has 0 unspecified atom stereocenters. The van der Waals surface area contributed by atoms with E-state index in [4.69, 9.17) is 4.74 Å². The van der Waals surface area contributed by atoms with Crippen LogP contribution in [0.15, 0.2) is 18.2 Å². The molecule has 7 heteroatoms. The Balaban J connectivity index is 2.19. The zero-order valence-corrected chi connectivity index (χ0v) is 11.5. The first-order valence-corrected chi connectivity index (χ1v) is 7.58. The van der Waals surface area contributed by atoms with Crippen molar-refractivity contribution in [3.8, 4) is 5.75 Å². The summed E-state index contributed by atoms with van der Waals surface area (Å²) in [5.74, 6) is -0.307. The first-order valence-electron chi connectivity index (χ1n) is 6.14. The molecule has 1 saturated heterocycles. The van der Waals surface area contributed by atoms with Gasteiger partial charge >= 0.3 is 10.2 Å². The van der Waals surface area contributed by atoms with E-state index in [0.717, 1.165) is 25.3 Å². The Kier molecular flexibility index (Phi) is 4.26. The minimum absolute atomic E-state index is 0.167. The number of ether oxygens (including phenoxy) is 1. The van der Waals surface area contributed by atoms with E-state index in [2.05, 4.69) is 4.72 Å². The van der Waals surface area contributed by atoms with E-state index in [1.807, 2.05) is 0 Å². The summed E-state index contributed by atoms with van der Waals surface area (Å²) in [5, 5.41) is 0. The number of methoxy groups -OCH3 is 1. The molecule has 1 aromatic rings. The van der Waals surface area contributed by atoms with E-state index in [1.165, 1.54) is 23.5 Å². The molecule has 0 radical (unpaired) electrons. The first-order chi connectivity index (χ1) is 9.03. The average Bonchev–Trinajstić information content (AvgIpc) is 2.41. The number of rotatable bonds is 4. The molecular formula is C12H17FN2O3S. The molecule has 19 heavy (non-hydrogen) atoms. The Morgan fingerprint density at radius 1 is 1.26 bits per heavy atom. The maximum atomic E-state index is 13.1. The number of hydrogen-bond donors (Lipinski definition) is 1. The highest BCUT2D eigenvalue weighted by Gasteiger charge is 2.24. The van der Waals surface area contributed by atoms with Crippen LogP contribution in [0.4, 0.5) is 10.1 Å². The number of piperidine rings is 1. The normalized spacial score (nSPS) is 17.2. The van der Waals surface area contributed by atoms with Crippen LogP contribution in [0.25, 0.3) is 0 Å². The lowest BCUT2D eigenvalue weighted by Gasteiger charge is -2.26. The Labute approximate surface area is 112 Å². The van der Waals surface area contributed by atoms with Crippen molar-refractivity contribution in [3.63, 3.8) is 0 Å². The van der Waals surface area contributed by atoms with Crippen molar-refractivity contribution < 1.29 is 17.5 Å². The van der Waals surface area contributed by atoms with Crippen LogP contribution in [-0.4, -0.2) is 32.9 Å². The highest BCUT2D eigenvalue weighted by molar-refractivity contribution is 7.90. The molecule has 0 aliphatic carbocycles. The summed E-state index contributed by atoms with van der Waals surface area (Å²) in [6.45, 7) is 1.03. The molecule has 106 valence electrons. The summed E-state index contributed by atoms with van der Waals surface area (Å²) < 4.78 is 46.2. The molecule has 0 atom stereocenters. The summed E-state index contributed by atoms with van der Waals surface area (Å²) in [6.07, 6.45) is 2.77. The van der Waals surface area contributed by atoms with Crippen molar-refractivity contribution in [1.29, 1.82) is 0 Å². The molecule has 0 saturated carbocycles. The van der Waals surface area contributed by atoms with Crippen LogP contribution in [0.2, 0.25) is 0 Å². The van der Waals surface area contributed by atoms with Crippen molar-refractivity contribution in [2.24, 2.45) is 0 Å². The Hall–Kier alpha value is -1.34. The zero-order valence-electron chi connectivity index (χ0n) is 10.7. The monoisotopic (exact) mass is 288 g/mol. The summed E-state index contributed by atoms with van der Waals surface area (Å²) in [5.41, 5.74) is 0.245. The summed E-state index contributed by atoms with van der Waals surface area (Å²) in [6, 6.07) is 3.69. The fraction of sp³-hybridized carbons (Fsp3) is 0.500. The molecule has 1 aliphatic rings. The van der Waals surface area contributed by atoms with Gasteiger partial charge in [0.15, 0.2) is 0 Å². The van der Waals surface area contributed by atoms with Gasteiger partial charge in [-0.05, 0) is 25.0 Å². The van der Waals surface area contributed by atoms with Crippen LogP contribution in [0.3, 0.4) is 0 Å². The molecule has 1 fully saturated rings. The number of benzene rings is 1. The molecule has 1 aliphatic heterocycles. The third-order valence-electron chi connectivity index (χ3n) is 3.06. The van der Waals surface area contributed by atoms with E-state index in [-0.39, 0.29) is 11.4 Å². The molecule has 5 nitrogen and oxygen atoms in total. The van der Waals surface area contributed by atoms with E-state index in [9.17, 15) is 12.8 Å². The quantitative estimate of drug-likeness (QED) is 0.921. The highest BCUT2D eigenvalue weighted by Crippen LogP contribution is 2.27. The predicted molar refractivity (Wildman–Crippen MR) is 70.9 cm³/mol. The average molecular weight is 288 g/mol. The predicted octanol–water partition coefficient (Wildman–Crippen LogP) is 1.98. The van der Waals surface area contributed by atoms with Crippen LogP contribution in [0, 0.1) is 5.82 Å². The number of nitrogens with one attached hydrogen (secondary N) is 1. The fourth-order valence-electron chi connectivity index (χ4n) is 2.06. The van der Waals surface area contributed by atoms with Gasteiger partial charge in [-0.2, -0.15) is 12.7 Å². The molecule has 0 spiro atoms. The van der Waals surface area contributed by atoms with Crippen molar-refractivity contribution in [2.75, 3.05) is 24.9 Å². The van der Waals surface area contributed by atoms with Gasteiger partial charge in [0, 0.05) is 19.2 Å². The lowest BCUT2D eigenvalue weighted by molar-refractivity contribution is 0.348. The zero-order chi connectivity index (χ0) is 13.9. The molecule has 1 N–H and O–H groups in total. The first kappa shape index (κ1) is 14.1. The number of nitrogens with zero attached hydrogens (tertiary/aromatic N) is 1. The van der Waals surface area contributed by atoms with Crippen LogP contribution >= 0.6 is 0 Å². The molecule has 2 rings (SSSR count). The lowest BCUT2D eigenvalue weighted by Crippen LogP contribution is -2.39. The topological polar surface area (TPSA) is 58.6 Å². The maximum absolute atomic E-state index is 13.1. The van der Waals surface area contributed by atoms with Crippen LogP contribution in [-0.2, 0) is 10.2 Å². The summed E-state index contributed by atoms with van der Waals surface area (Å²) >= 11 is 0. The molecule has 0 bridgehead atoms. The summed E-state index contributed by atoms with van der Waals surface area (Å²) in [4.78, 5) is 0. The van der Waals surface area contributed by atoms with Crippen molar-refractivity contribution in [1.82, 2.24) is 4.31 Å². The van der Waals surface area contributed by atoms with Crippen LogP contribution < -0.4 is 9.46 Å². The van der Waals surface area contributed by atoms with Gasteiger partial charge in [0.1, 0.15) is 11.6 Å². The van der Waals surface area contributed by atoms with E-state index < -0.39 is 16.0 Å². The second kappa shape index (κ2) is 5.75. The van der Waals surface area contributed by atoms with Gasteiger partial charge in [0.05, 0.1) is 12.8 Å². The molecule has 0 amide bonds. The lowest BCUT2D eigenvalue weighted by atomic mass is 10.2. The van der Waals surface area contributed by atoms with Gasteiger partial charge in [-0.25, -0.2) is 4.39 Å². The van der Waals surface area contributed by atoms with Gasteiger partial charge in [-0.1, -0.05) is 6.42 Å². The number of anilines is 1. The number of halogens is 1. The second-order valence-electron chi connectivity index (χ2n) is 4.41. The van der Waals surface area contributed by atoms with Gasteiger partial charge in [0.2, 0.25) is 0 Å². The third kappa shape index (κ3) is 3.36. The highest BCUT2D eigenvalue weighted by atomic mass is 32.2. The minimum Gasteiger partial charge on any atom is -0.494 e. The van der Waals surface area contributed by atoms with E-state index in [0.29, 0.717) is 13.1 Å². The van der Waals surface area contributed by atoms with Crippen LogP contribution in [0.5, 0.6) is 5.75 Å². The standard InChI is InChI=1S/C12H17FN2O3S/c1-18-12-9-10(13)5-6-11(12)14-19(16,17)15-7-3-2-4-8-15/h5-6,9,14H,2-4,7-8H2,1H3. The van der Waals surface area contributed by atoms with Crippen molar-refractivity contribution in [3.05, 3.63) is 24.0 Å². The SMILES string of the molecule is COc1cc(F)ccc1NS(=O)(=O)N1CCCCC1. The molecular weight excluding hydrogens is 271 g/mol. The minimum atomic E-state index is -3.60. The smallest absolute Gasteiger partial charge is 0.301 e.